The largest absolute Gasteiger partial charge is 0.481 e. The summed E-state index contributed by atoms with van der Waals surface area (Å²) in [6.07, 6.45) is -0.0515. The van der Waals surface area contributed by atoms with Crippen LogP contribution in [0.2, 0.25) is 5.02 Å². The lowest BCUT2D eigenvalue weighted by Gasteiger charge is -2.42. The summed E-state index contributed by atoms with van der Waals surface area (Å²) < 4.78 is 0. The van der Waals surface area contributed by atoms with E-state index in [1.807, 2.05) is 13.0 Å². The minimum absolute atomic E-state index is 0.241. The van der Waals surface area contributed by atoms with Crippen LogP contribution in [0.3, 0.4) is 0 Å². The number of carboxylic acid groups (broad SMARTS) is 1. The average molecular weight is 241 g/mol. The van der Waals surface area contributed by atoms with Crippen molar-refractivity contribution in [2.24, 2.45) is 0 Å². The maximum atomic E-state index is 11.3. The van der Waals surface area contributed by atoms with Crippen LogP contribution in [0, 0.1) is 6.92 Å². The van der Waals surface area contributed by atoms with Crippen molar-refractivity contribution in [3.8, 4) is 0 Å². The van der Waals surface area contributed by atoms with E-state index in [0.717, 1.165) is 5.56 Å². The highest BCUT2D eigenvalue weighted by Crippen LogP contribution is 2.46. The van der Waals surface area contributed by atoms with Gasteiger partial charge in [0.05, 0.1) is 11.5 Å². The summed E-state index contributed by atoms with van der Waals surface area (Å²) in [5, 5.41) is 19.1. The van der Waals surface area contributed by atoms with Crippen molar-refractivity contribution in [2.45, 2.75) is 31.3 Å². The predicted molar refractivity (Wildman–Crippen MR) is 60.7 cm³/mol. The van der Waals surface area contributed by atoms with Crippen LogP contribution < -0.4 is 0 Å². The lowest BCUT2D eigenvalue weighted by molar-refractivity contribution is -0.152. The molecule has 0 heterocycles. The Morgan fingerprint density at radius 2 is 2.12 bits per heavy atom. The van der Waals surface area contributed by atoms with E-state index in [1.165, 1.54) is 0 Å². The number of aliphatic carboxylic acids is 1. The molecule has 0 aliphatic heterocycles. The Balaban J connectivity index is 2.45. The second-order valence-corrected chi connectivity index (χ2v) is 4.84. The molecule has 1 aromatic rings. The molecule has 2 N–H and O–H groups in total. The normalized spacial score (nSPS) is 28.6. The van der Waals surface area contributed by atoms with Crippen molar-refractivity contribution >= 4 is 17.6 Å². The number of hydrogen-bond acceptors (Lipinski definition) is 2. The van der Waals surface area contributed by atoms with Crippen LogP contribution in [-0.2, 0) is 10.2 Å². The molecule has 1 saturated carbocycles. The fourth-order valence-electron chi connectivity index (χ4n) is 2.26. The van der Waals surface area contributed by atoms with E-state index in [9.17, 15) is 15.0 Å². The van der Waals surface area contributed by atoms with Crippen LogP contribution >= 0.6 is 11.6 Å². The van der Waals surface area contributed by atoms with Gasteiger partial charge in [-0.25, -0.2) is 0 Å². The molecule has 4 heteroatoms. The maximum Gasteiger partial charge on any atom is 0.314 e. The molecule has 1 aliphatic carbocycles. The van der Waals surface area contributed by atoms with Crippen LogP contribution in [0.5, 0.6) is 0 Å². The molecular formula is C12H13ClO3. The van der Waals surface area contributed by atoms with Crippen molar-refractivity contribution in [3.63, 3.8) is 0 Å². The first-order valence-electron chi connectivity index (χ1n) is 5.14. The van der Waals surface area contributed by atoms with E-state index in [-0.39, 0.29) is 12.8 Å². The van der Waals surface area contributed by atoms with E-state index in [2.05, 4.69) is 0 Å². The third-order valence-corrected chi connectivity index (χ3v) is 3.53. The van der Waals surface area contributed by atoms with Crippen molar-refractivity contribution in [3.05, 3.63) is 34.3 Å². The Kier molecular flexibility index (Phi) is 2.68. The van der Waals surface area contributed by atoms with Gasteiger partial charge in [0.15, 0.2) is 0 Å². The van der Waals surface area contributed by atoms with Gasteiger partial charge in [0.1, 0.15) is 0 Å². The van der Waals surface area contributed by atoms with E-state index in [0.29, 0.717) is 10.6 Å². The van der Waals surface area contributed by atoms with Gasteiger partial charge >= 0.3 is 5.97 Å². The molecule has 2 rings (SSSR count). The summed E-state index contributed by atoms with van der Waals surface area (Å²) >= 11 is 6.07. The summed E-state index contributed by atoms with van der Waals surface area (Å²) in [6, 6.07) is 5.35. The highest BCUT2D eigenvalue weighted by Gasteiger charge is 2.52. The number of halogens is 1. The molecule has 1 fully saturated rings. The van der Waals surface area contributed by atoms with Crippen LogP contribution in [0.25, 0.3) is 0 Å². The summed E-state index contributed by atoms with van der Waals surface area (Å²) in [6.45, 7) is 1.90. The number of carbonyl (C=O) groups is 1. The number of aryl methyl sites for hydroxylation is 1. The minimum Gasteiger partial charge on any atom is -0.481 e. The first-order chi connectivity index (χ1) is 7.45. The molecule has 0 atom stereocenters. The Labute approximate surface area is 98.7 Å². The zero-order chi connectivity index (χ0) is 11.9. The SMILES string of the molecule is Cc1ccc(C2(C(=O)O)CC(O)C2)c(Cl)c1. The maximum absolute atomic E-state index is 11.3. The Morgan fingerprint density at radius 1 is 1.50 bits per heavy atom. The summed E-state index contributed by atoms with van der Waals surface area (Å²) in [5.41, 5.74) is 0.608. The second-order valence-electron chi connectivity index (χ2n) is 4.43. The number of hydrogen-bond donors (Lipinski definition) is 2. The zero-order valence-corrected chi connectivity index (χ0v) is 9.66. The van der Waals surface area contributed by atoms with Gasteiger partial charge in [-0.05, 0) is 37.0 Å². The lowest BCUT2D eigenvalue weighted by Crippen LogP contribution is -2.50. The van der Waals surface area contributed by atoms with E-state index >= 15 is 0 Å². The number of rotatable bonds is 2. The van der Waals surface area contributed by atoms with Gasteiger partial charge in [-0.3, -0.25) is 4.79 Å². The third kappa shape index (κ3) is 1.60. The molecule has 0 saturated heterocycles. The second kappa shape index (κ2) is 3.75. The summed E-state index contributed by atoms with van der Waals surface area (Å²) in [5.74, 6) is -0.913. The van der Waals surface area contributed by atoms with Gasteiger partial charge in [-0.15, -0.1) is 0 Å². The highest BCUT2D eigenvalue weighted by atomic mass is 35.5. The molecule has 0 radical (unpaired) electrons. The van der Waals surface area contributed by atoms with Gasteiger partial charge in [0.25, 0.3) is 0 Å². The Hall–Kier alpha value is -1.06. The van der Waals surface area contributed by atoms with Crippen LogP contribution in [0.15, 0.2) is 18.2 Å². The summed E-state index contributed by atoms with van der Waals surface area (Å²) in [4.78, 5) is 11.3. The number of aliphatic hydroxyl groups is 1. The molecule has 1 aromatic carbocycles. The molecule has 0 amide bonds. The first kappa shape index (κ1) is 11.4. The molecule has 0 unspecified atom stereocenters. The standard InChI is InChI=1S/C12H13ClO3/c1-7-2-3-9(10(13)4-7)12(11(15)16)5-8(14)6-12/h2-4,8,14H,5-6H2,1H3,(H,15,16). The third-order valence-electron chi connectivity index (χ3n) is 3.22. The van der Waals surface area contributed by atoms with Crippen LogP contribution in [0.1, 0.15) is 24.0 Å². The van der Waals surface area contributed by atoms with Crippen molar-refractivity contribution in [2.75, 3.05) is 0 Å². The van der Waals surface area contributed by atoms with Gasteiger partial charge in [0, 0.05) is 5.02 Å². The molecule has 0 bridgehead atoms. The molecule has 16 heavy (non-hydrogen) atoms. The smallest absolute Gasteiger partial charge is 0.314 e. The van der Waals surface area contributed by atoms with Crippen LogP contribution in [0.4, 0.5) is 0 Å². The highest BCUT2D eigenvalue weighted by molar-refractivity contribution is 6.31. The van der Waals surface area contributed by atoms with Gasteiger partial charge in [-0.1, -0.05) is 23.7 Å². The van der Waals surface area contributed by atoms with E-state index < -0.39 is 17.5 Å². The molecule has 3 nitrogen and oxygen atoms in total. The van der Waals surface area contributed by atoms with Crippen molar-refractivity contribution < 1.29 is 15.0 Å². The summed E-state index contributed by atoms with van der Waals surface area (Å²) in [7, 11) is 0. The lowest BCUT2D eigenvalue weighted by atomic mass is 9.62. The molecule has 86 valence electrons. The topological polar surface area (TPSA) is 57.5 Å². The van der Waals surface area contributed by atoms with E-state index in [1.54, 1.807) is 12.1 Å². The molecule has 1 aliphatic rings. The fraction of sp³-hybridized carbons (Fsp3) is 0.417. The fourth-order valence-corrected chi connectivity index (χ4v) is 2.68. The van der Waals surface area contributed by atoms with Gasteiger partial charge < -0.3 is 10.2 Å². The average Bonchev–Trinajstić information content (AvgIpc) is 2.12. The van der Waals surface area contributed by atoms with Crippen molar-refractivity contribution in [1.82, 2.24) is 0 Å². The number of aliphatic hydroxyl groups excluding tert-OH is 1. The van der Waals surface area contributed by atoms with Gasteiger partial charge in [0.2, 0.25) is 0 Å². The van der Waals surface area contributed by atoms with Gasteiger partial charge in [-0.2, -0.15) is 0 Å². The van der Waals surface area contributed by atoms with Crippen molar-refractivity contribution in [1.29, 1.82) is 0 Å². The Morgan fingerprint density at radius 3 is 2.56 bits per heavy atom. The zero-order valence-electron chi connectivity index (χ0n) is 8.90. The minimum atomic E-state index is -0.996. The number of benzene rings is 1. The number of carboxylic acids is 1. The Bertz CT molecular complexity index is 436. The molecular weight excluding hydrogens is 228 g/mol. The first-order valence-corrected chi connectivity index (χ1v) is 5.51. The molecule has 0 spiro atoms. The van der Waals surface area contributed by atoms with E-state index in [4.69, 9.17) is 11.6 Å². The predicted octanol–water partition coefficient (Wildman–Crippen LogP) is 2.13. The quantitative estimate of drug-likeness (QED) is 0.833. The van der Waals surface area contributed by atoms with Crippen LogP contribution in [-0.4, -0.2) is 22.3 Å². The molecule has 0 aromatic heterocycles. The monoisotopic (exact) mass is 240 g/mol.